The Bertz CT molecular complexity index is 858. The van der Waals surface area contributed by atoms with Crippen LogP contribution in [0.1, 0.15) is 5.56 Å². The smallest absolute Gasteiger partial charge is 0.333 e. The Labute approximate surface area is 146 Å². The summed E-state index contributed by atoms with van der Waals surface area (Å²) in [5, 5.41) is 4.10. The van der Waals surface area contributed by atoms with Crippen LogP contribution in [0.5, 0.6) is 0 Å². The molecule has 0 saturated carbocycles. The van der Waals surface area contributed by atoms with Crippen molar-refractivity contribution in [3.63, 3.8) is 0 Å². The second kappa shape index (κ2) is 5.98. The van der Waals surface area contributed by atoms with Gasteiger partial charge in [0, 0.05) is 5.56 Å². The zero-order chi connectivity index (χ0) is 16.8. The van der Waals surface area contributed by atoms with Crippen molar-refractivity contribution in [2.75, 3.05) is 0 Å². The molecule has 0 amide bonds. The van der Waals surface area contributed by atoms with E-state index in [1.807, 2.05) is 0 Å². The normalized spacial score (nSPS) is 11.9. The van der Waals surface area contributed by atoms with Gasteiger partial charge in [-0.1, -0.05) is 52.1 Å². The third-order valence-electron chi connectivity index (χ3n) is 2.85. The van der Waals surface area contributed by atoms with Gasteiger partial charge in [-0.2, -0.15) is 18.2 Å². The summed E-state index contributed by atoms with van der Waals surface area (Å²) in [6.07, 6.45) is -4.40. The quantitative estimate of drug-likeness (QED) is 0.497. The maximum atomic E-state index is 12.5. The summed E-state index contributed by atoms with van der Waals surface area (Å²) < 4.78 is 43.0. The number of aromatic nitrogens is 2. The van der Waals surface area contributed by atoms with Gasteiger partial charge in [-0.25, -0.2) is 0 Å². The van der Waals surface area contributed by atoms with Gasteiger partial charge < -0.3 is 4.52 Å². The van der Waals surface area contributed by atoms with Gasteiger partial charge in [-0.05, 0) is 12.1 Å². The monoisotopic (exact) mass is 398 g/mol. The lowest BCUT2D eigenvalue weighted by molar-refractivity contribution is -0.137. The van der Waals surface area contributed by atoms with Gasteiger partial charge >= 0.3 is 6.18 Å². The van der Waals surface area contributed by atoms with Gasteiger partial charge in [-0.15, -0.1) is 11.3 Å². The highest BCUT2D eigenvalue weighted by molar-refractivity contribution is 7.20. The van der Waals surface area contributed by atoms with Crippen molar-refractivity contribution in [3.8, 4) is 22.2 Å². The van der Waals surface area contributed by atoms with Gasteiger partial charge in [-0.3, -0.25) is 0 Å². The Morgan fingerprint density at radius 1 is 1.00 bits per heavy atom. The Morgan fingerprint density at radius 3 is 2.17 bits per heavy atom. The van der Waals surface area contributed by atoms with E-state index in [1.165, 1.54) is 12.1 Å². The number of rotatable bonds is 2. The van der Waals surface area contributed by atoms with Crippen LogP contribution >= 0.6 is 46.1 Å². The first kappa shape index (κ1) is 16.6. The second-order valence-electron chi connectivity index (χ2n) is 4.33. The molecule has 2 heterocycles. The Morgan fingerprint density at radius 2 is 1.65 bits per heavy atom. The first-order chi connectivity index (χ1) is 10.8. The predicted molar refractivity (Wildman–Crippen MR) is 83.1 cm³/mol. The van der Waals surface area contributed by atoms with E-state index in [-0.39, 0.29) is 26.1 Å². The zero-order valence-electron chi connectivity index (χ0n) is 10.8. The fourth-order valence-corrected chi connectivity index (χ4v) is 3.46. The van der Waals surface area contributed by atoms with Gasteiger partial charge in [0.25, 0.3) is 5.89 Å². The van der Waals surface area contributed by atoms with E-state index in [0.717, 1.165) is 23.5 Å². The maximum absolute atomic E-state index is 12.5. The van der Waals surface area contributed by atoms with E-state index in [4.69, 9.17) is 39.3 Å². The summed E-state index contributed by atoms with van der Waals surface area (Å²) in [5.41, 5.74) is -0.386. The van der Waals surface area contributed by atoms with Gasteiger partial charge in [0.2, 0.25) is 5.82 Å². The van der Waals surface area contributed by atoms with Crippen LogP contribution in [0, 0.1) is 0 Å². The summed E-state index contributed by atoms with van der Waals surface area (Å²) in [6.45, 7) is 0. The van der Waals surface area contributed by atoms with Crippen molar-refractivity contribution in [1.82, 2.24) is 10.1 Å². The molecule has 23 heavy (non-hydrogen) atoms. The third-order valence-corrected chi connectivity index (χ3v) is 5.41. The van der Waals surface area contributed by atoms with E-state index in [9.17, 15) is 13.2 Å². The Hall–Kier alpha value is -1.28. The van der Waals surface area contributed by atoms with Crippen molar-refractivity contribution >= 4 is 46.1 Å². The van der Waals surface area contributed by atoms with Crippen LogP contribution in [0.25, 0.3) is 22.2 Å². The molecule has 0 radical (unpaired) electrons. The molecule has 0 aliphatic rings. The molecule has 0 bridgehead atoms. The molecule has 10 heteroatoms. The standard InChI is InChI=1S/C13H4Cl3F3N2OS/c14-7-8(15)10(16)23-9(7)12-20-11(21-22-12)5-1-3-6(4-2-5)13(17,18)19/h1-4H. The van der Waals surface area contributed by atoms with Crippen LogP contribution in [0.2, 0.25) is 14.4 Å². The SMILES string of the molecule is FC(F)(F)c1ccc(-c2noc(-c3sc(Cl)c(Cl)c3Cl)n2)cc1. The average Bonchev–Trinajstić information content (AvgIpc) is 3.08. The molecule has 3 rings (SSSR count). The van der Waals surface area contributed by atoms with Crippen molar-refractivity contribution < 1.29 is 17.7 Å². The minimum absolute atomic E-state index is 0.0868. The maximum Gasteiger partial charge on any atom is 0.416 e. The molecule has 0 spiro atoms. The fourth-order valence-electron chi connectivity index (χ4n) is 1.74. The molecular formula is C13H4Cl3F3N2OS. The summed E-state index contributed by atoms with van der Waals surface area (Å²) in [6, 6.07) is 4.40. The third kappa shape index (κ3) is 3.19. The van der Waals surface area contributed by atoms with Crippen molar-refractivity contribution in [1.29, 1.82) is 0 Å². The Kier molecular flexibility index (Phi) is 4.31. The molecule has 3 nitrogen and oxygen atoms in total. The van der Waals surface area contributed by atoms with E-state index in [0.29, 0.717) is 10.4 Å². The molecule has 2 aromatic heterocycles. The van der Waals surface area contributed by atoms with Crippen molar-refractivity contribution in [2.24, 2.45) is 0 Å². The highest BCUT2D eigenvalue weighted by Crippen LogP contribution is 2.45. The topological polar surface area (TPSA) is 38.9 Å². The lowest BCUT2D eigenvalue weighted by Crippen LogP contribution is -2.04. The highest BCUT2D eigenvalue weighted by atomic mass is 35.5. The van der Waals surface area contributed by atoms with Crippen LogP contribution in [-0.2, 0) is 6.18 Å². The van der Waals surface area contributed by atoms with E-state index < -0.39 is 11.7 Å². The molecule has 3 aromatic rings. The lowest BCUT2D eigenvalue weighted by Gasteiger charge is -2.05. The molecule has 0 aliphatic heterocycles. The molecule has 120 valence electrons. The highest BCUT2D eigenvalue weighted by Gasteiger charge is 2.30. The summed E-state index contributed by atoms with van der Waals surface area (Å²) in [4.78, 5) is 4.50. The first-order valence-corrected chi connectivity index (χ1v) is 7.87. The van der Waals surface area contributed by atoms with E-state index in [1.54, 1.807) is 0 Å². The largest absolute Gasteiger partial charge is 0.416 e. The average molecular weight is 400 g/mol. The molecule has 1 aromatic carbocycles. The Balaban J connectivity index is 1.94. The van der Waals surface area contributed by atoms with E-state index in [2.05, 4.69) is 10.1 Å². The number of thiophene rings is 1. The minimum atomic E-state index is -4.40. The zero-order valence-corrected chi connectivity index (χ0v) is 13.9. The summed E-state index contributed by atoms with van der Waals surface area (Å²) in [5.74, 6) is 0.217. The van der Waals surface area contributed by atoms with Gasteiger partial charge in [0.15, 0.2) is 0 Å². The predicted octanol–water partition coefficient (Wildman–Crippen LogP) is 6.44. The number of alkyl halides is 3. The van der Waals surface area contributed by atoms with E-state index >= 15 is 0 Å². The molecule has 0 unspecified atom stereocenters. The molecule has 0 atom stereocenters. The second-order valence-corrected chi connectivity index (χ2v) is 6.71. The molecule has 0 fully saturated rings. The number of benzene rings is 1. The first-order valence-electron chi connectivity index (χ1n) is 5.92. The van der Waals surface area contributed by atoms with Crippen LogP contribution < -0.4 is 0 Å². The van der Waals surface area contributed by atoms with Crippen LogP contribution in [0.3, 0.4) is 0 Å². The molecule has 0 aliphatic carbocycles. The number of nitrogens with zero attached hydrogens (tertiary/aromatic N) is 2. The van der Waals surface area contributed by atoms with Crippen molar-refractivity contribution in [2.45, 2.75) is 6.18 Å². The molecule has 0 saturated heterocycles. The number of hydrogen-bond acceptors (Lipinski definition) is 4. The fraction of sp³-hybridized carbons (Fsp3) is 0.0769. The molecule has 0 N–H and O–H groups in total. The summed E-state index contributed by atoms with van der Waals surface area (Å²) >= 11 is 18.8. The number of halogens is 6. The van der Waals surface area contributed by atoms with Crippen LogP contribution in [0.15, 0.2) is 28.8 Å². The van der Waals surface area contributed by atoms with Crippen LogP contribution in [0.4, 0.5) is 13.2 Å². The number of hydrogen-bond donors (Lipinski definition) is 0. The minimum Gasteiger partial charge on any atom is -0.333 e. The summed E-state index contributed by atoms with van der Waals surface area (Å²) in [7, 11) is 0. The van der Waals surface area contributed by atoms with Crippen LogP contribution in [-0.4, -0.2) is 10.1 Å². The lowest BCUT2D eigenvalue weighted by atomic mass is 10.1. The molecular weight excluding hydrogens is 396 g/mol. The van der Waals surface area contributed by atoms with Gasteiger partial charge in [0.05, 0.1) is 15.6 Å². The van der Waals surface area contributed by atoms with Crippen molar-refractivity contribution in [3.05, 3.63) is 44.2 Å². The van der Waals surface area contributed by atoms with Gasteiger partial charge in [0.1, 0.15) is 9.21 Å².